The van der Waals surface area contributed by atoms with E-state index in [2.05, 4.69) is 15.3 Å². The molecule has 0 aliphatic carbocycles. The average Bonchev–Trinajstić information content (AvgIpc) is 2.99. The molecular formula is C19H16Cl2N4O2S. The molecule has 2 N–H and O–H groups in total. The van der Waals surface area contributed by atoms with E-state index in [0.717, 1.165) is 5.52 Å². The van der Waals surface area contributed by atoms with Crippen LogP contribution < -0.4 is 10.2 Å². The molecule has 144 valence electrons. The first kappa shape index (κ1) is 19.1. The van der Waals surface area contributed by atoms with Gasteiger partial charge in [-0.05, 0) is 31.2 Å². The Hall–Kier alpha value is -2.22. The number of anilines is 2. The number of aromatic nitrogens is 2. The van der Waals surface area contributed by atoms with Gasteiger partial charge in [-0.15, -0.1) is 0 Å². The first-order chi connectivity index (χ1) is 13.4. The number of H-pyrrole nitrogens is 1. The van der Waals surface area contributed by atoms with Crippen LogP contribution in [0.2, 0.25) is 10.0 Å². The Balaban J connectivity index is 1.56. The van der Waals surface area contributed by atoms with Crippen molar-refractivity contribution in [3.8, 4) is 0 Å². The highest BCUT2D eigenvalue weighted by atomic mass is 35.5. The molecule has 6 nitrogen and oxygen atoms in total. The van der Waals surface area contributed by atoms with Crippen molar-refractivity contribution < 1.29 is 9.59 Å². The SMILES string of the molecule is C[C@@H]1CC(=O)Nc2ccccc2N1C(=O)CSc1nc2c(Cl)cc(Cl)cc2[nH]1. The number of hydrogen-bond acceptors (Lipinski definition) is 4. The number of thioether (sulfide) groups is 1. The van der Waals surface area contributed by atoms with Gasteiger partial charge < -0.3 is 15.2 Å². The second kappa shape index (κ2) is 7.66. The number of carbonyl (C=O) groups excluding carboxylic acids is 2. The molecule has 0 bridgehead atoms. The van der Waals surface area contributed by atoms with Gasteiger partial charge in [-0.25, -0.2) is 4.98 Å². The minimum Gasteiger partial charge on any atom is -0.333 e. The van der Waals surface area contributed by atoms with E-state index in [-0.39, 0.29) is 30.0 Å². The third-order valence-corrected chi connectivity index (χ3v) is 5.81. The van der Waals surface area contributed by atoms with Crippen LogP contribution in [0.3, 0.4) is 0 Å². The average molecular weight is 435 g/mol. The maximum absolute atomic E-state index is 13.0. The van der Waals surface area contributed by atoms with E-state index in [4.69, 9.17) is 23.2 Å². The van der Waals surface area contributed by atoms with Crippen molar-refractivity contribution in [2.24, 2.45) is 0 Å². The zero-order valence-electron chi connectivity index (χ0n) is 14.8. The summed E-state index contributed by atoms with van der Waals surface area (Å²) in [5.74, 6) is -0.0457. The van der Waals surface area contributed by atoms with Gasteiger partial charge in [-0.2, -0.15) is 0 Å². The summed E-state index contributed by atoms with van der Waals surface area (Å²) in [5, 5.41) is 4.41. The van der Waals surface area contributed by atoms with Crippen molar-refractivity contribution in [1.29, 1.82) is 0 Å². The van der Waals surface area contributed by atoms with Crippen LogP contribution in [0.25, 0.3) is 11.0 Å². The van der Waals surface area contributed by atoms with Crippen molar-refractivity contribution in [2.45, 2.75) is 24.5 Å². The normalized spacial score (nSPS) is 16.6. The third-order valence-electron chi connectivity index (χ3n) is 4.44. The van der Waals surface area contributed by atoms with Gasteiger partial charge in [0.2, 0.25) is 11.8 Å². The molecule has 1 aliphatic heterocycles. The lowest BCUT2D eigenvalue weighted by Gasteiger charge is -2.27. The Labute approximate surface area is 175 Å². The quantitative estimate of drug-likeness (QED) is 0.584. The van der Waals surface area contributed by atoms with Gasteiger partial charge in [0.25, 0.3) is 0 Å². The van der Waals surface area contributed by atoms with Crippen molar-refractivity contribution in [1.82, 2.24) is 9.97 Å². The molecule has 0 radical (unpaired) electrons. The Bertz CT molecular complexity index is 1080. The molecule has 1 aromatic heterocycles. The lowest BCUT2D eigenvalue weighted by atomic mass is 10.2. The Morgan fingerprint density at radius 2 is 2.11 bits per heavy atom. The topological polar surface area (TPSA) is 78.1 Å². The maximum Gasteiger partial charge on any atom is 0.237 e. The predicted molar refractivity (Wildman–Crippen MR) is 113 cm³/mol. The van der Waals surface area contributed by atoms with Crippen molar-refractivity contribution in [3.63, 3.8) is 0 Å². The molecule has 2 heterocycles. The first-order valence-corrected chi connectivity index (χ1v) is 10.3. The zero-order chi connectivity index (χ0) is 19.8. The molecule has 2 aromatic carbocycles. The number of rotatable bonds is 3. The van der Waals surface area contributed by atoms with Crippen LogP contribution in [0.5, 0.6) is 0 Å². The van der Waals surface area contributed by atoms with Crippen LogP contribution in [0.1, 0.15) is 13.3 Å². The molecule has 1 aliphatic rings. The lowest BCUT2D eigenvalue weighted by Crippen LogP contribution is -2.40. The fraction of sp³-hybridized carbons (Fsp3) is 0.211. The smallest absolute Gasteiger partial charge is 0.237 e. The van der Waals surface area contributed by atoms with Crippen LogP contribution in [0, 0.1) is 0 Å². The number of hydrogen-bond donors (Lipinski definition) is 2. The monoisotopic (exact) mass is 434 g/mol. The van der Waals surface area contributed by atoms with Gasteiger partial charge in [-0.1, -0.05) is 47.1 Å². The molecule has 0 spiro atoms. The Morgan fingerprint density at radius 3 is 2.93 bits per heavy atom. The minimum absolute atomic E-state index is 0.105. The number of para-hydroxylation sites is 2. The van der Waals surface area contributed by atoms with Crippen LogP contribution in [-0.4, -0.2) is 33.6 Å². The summed E-state index contributed by atoms with van der Waals surface area (Å²) in [6.45, 7) is 1.87. The summed E-state index contributed by atoms with van der Waals surface area (Å²) in [6.07, 6.45) is 0.240. The zero-order valence-corrected chi connectivity index (χ0v) is 17.2. The van der Waals surface area contributed by atoms with Gasteiger partial charge >= 0.3 is 0 Å². The molecule has 4 rings (SSSR count). The summed E-state index contributed by atoms with van der Waals surface area (Å²) in [5.41, 5.74) is 2.67. The van der Waals surface area contributed by atoms with Gasteiger partial charge in [0.1, 0.15) is 5.52 Å². The largest absolute Gasteiger partial charge is 0.333 e. The van der Waals surface area contributed by atoms with Crippen LogP contribution in [0.4, 0.5) is 11.4 Å². The number of imidazole rings is 1. The minimum atomic E-state index is -0.249. The van der Waals surface area contributed by atoms with Gasteiger partial charge in [0.05, 0.1) is 27.7 Å². The second-order valence-corrected chi connectivity index (χ2v) is 8.30. The summed E-state index contributed by atoms with van der Waals surface area (Å²) >= 11 is 13.5. The number of halogens is 2. The molecule has 0 saturated heterocycles. The van der Waals surface area contributed by atoms with E-state index >= 15 is 0 Å². The van der Waals surface area contributed by atoms with Crippen LogP contribution in [-0.2, 0) is 9.59 Å². The molecule has 1 atom stereocenters. The van der Waals surface area contributed by atoms with Gasteiger partial charge in [0.15, 0.2) is 5.16 Å². The molecule has 0 saturated carbocycles. The van der Waals surface area contributed by atoms with E-state index in [1.54, 1.807) is 23.1 Å². The lowest BCUT2D eigenvalue weighted by molar-refractivity contribution is -0.117. The predicted octanol–water partition coefficient (Wildman–Crippen LogP) is 4.73. The number of carbonyl (C=O) groups is 2. The number of benzene rings is 2. The van der Waals surface area contributed by atoms with Crippen LogP contribution >= 0.6 is 35.0 Å². The molecule has 0 fully saturated rings. The van der Waals surface area contributed by atoms with Crippen molar-refractivity contribution >= 4 is 69.2 Å². The standard InChI is InChI=1S/C19H16Cl2N4O2S/c1-10-6-16(26)22-13-4-2-3-5-15(13)25(10)17(27)9-28-19-23-14-8-11(20)7-12(21)18(14)24-19/h2-5,7-8,10H,6,9H2,1H3,(H,22,26)(H,23,24)/t10-/m1/s1. The van der Waals surface area contributed by atoms with E-state index in [9.17, 15) is 9.59 Å². The van der Waals surface area contributed by atoms with E-state index in [1.165, 1.54) is 11.8 Å². The van der Waals surface area contributed by atoms with Crippen molar-refractivity contribution in [3.05, 3.63) is 46.4 Å². The first-order valence-electron chi connectivity index (χ1n) is 8.61. The Morgan fingerprint density at radius 1 is 1.32 bits per heavy atom. The van der Waals surface area contributed by atoms with Gasteiger partial charge in [0, 0.05) is 17.5 Å². The fourth-order valence-electron chi connectivity index (χ4n) is 3.26. The molecular weight excluding hydrogens is 419 g/mol. The maximum atomic E-state index is 13.0. The summed E-state index contributed by atoms with van der Waals surface area (Å²) < 4.78 is 0. The number of amides is 2. The number of aromatic amines is 1. The van der Waals surface area contributed by atoms with E-state index in [0.29, 0.717) is 32.1 Å². The van der Waals surface area contributed by atoms with E-state index < -0.39 is 0 Å². The number of nitrogens with zero attached hydrogens (tertiary/aromatic N) is 2. The summed E-state index contributed by atoms with van der Waals surface area (Å²) in [6, 6.07) is 10.4. The van der Waals surface area contributed by atoms with E-state index in [1.807, 2.05) is 25.1 Å². The fourth-order valence-corrected chi connectivity index (χ4v) is 4.53. The van der Waals surface area contributed by atoms with Crippen LogP contribution in [0.15, 0.2) is 41.6 Å². The highest BCUT2D eigenvalue weighted by molar-refractivity contribution is 7.99. The van der Waals surface area contributed by atoms with Gasteiger partial charge in [-0.3, -0.25) is 9.59 Å². The highest BCUT2D eigenvalue weighted by Gasteiger charge is 2.29. The molecule has 2 amide bonds. The van der Waals surface area contributed by atoms with Crippen molar-refractivity contribution in [2.75, 3.05) is 16.0 Å². The molecule has 9 heteroatoms. The number of nitrogens with one attached hydrogen (secondary N) is 2. The molecule has 28 heavy (non-hydrogen) atoms. The highest BCUT2D eigenvalue weighted by Crippen LogP contribution is 2.33. The summed E-state index contributed by atoms with van der Waals surface area (Å²) in [7, 11) is 0. The summed E-state index contributed by atoms with van der Waals surface area (Å²) in [4.78, 5) is 34.3. The number of fused-ring (bicyclic) bond motifs is 2. The molecule has 0 unspecified atom stereocenters. The molecule has 3 aromatic rings. The third kappa shape index (κ3) is 3.70. The second-order valence-electron chi connectivity index (χ2n) is 6.50. The Kier molecular flexibility index (Phi) is 5.23.